The van der Waals surface area contributed by atoms with Crippen molar-refractivity contribution in [2.45, 2.75) is 24.9 Å². The number of fused-ring (bicyclic) bond motifs is 1. The SMILES string of the molecule is COc1cccc(C(c2cc3cc(Br)ccc3nc2OC)C(O)(CCN(C)C)c2ccncc2C)c1F. The van der Waals surface area contributed by atoms with Crippen molar-refractivity contribution in [2.24, 2.45) is 0 Å². The van der Waals surface area contributed by atoms with Crippen LogP contribution in [0.3, 0.4) is 0 Å². The van der Waals surface area contributed by atoms with Gasteiger partial charge in [0.15, 0.2) is 11.6 Å². The maximum absolute atomic E-state index is 16.0. The summed E-state index contributed by atoms with van der Waals surface area (Å²) in [6, 6.07) is 14.4. The van der Waals surface area contributed by atoms with Crippen molar-refractivity contribution < 1.29 is 19.0 Å². The van der Waals surface area contributed by atoms with Gasteiger partial charge >= 0.3 is 0 Å². The minimum Gasteiger partial charge on any atom is -0.494 e. The Labute approximate surface area is 225 Å². The summed E-state index contributed by atoms with van der Waals surface area (Å²) in [5, 5.41) is 13.6. The molecule has 0 spiro atoms. The van der Waals surface area contributed by atoms with Crippen LogP contribution in [-0.2, 0) is 5.60 Å². The van der Waals surface area contributed by atoms with Crippen molar-refractivity contribution in [2.75, 3.05) is 34.9 Å². The van der Waals surface area contributed by atoms with Gasteiger partial charge in [0.05, 0.1) is 25.7 Å². The van der Waals surface area contributed by atoms with E-state index in [-0.39, 0.29) is 11.3 Å². The number of hydrogen-bond acceptors (Lipinski definition) is 6. The summed E-state index contributed by atoms with van der Waals surface area (Å²) in [6.45, 7) is 2.45. The van der Waals surface area contributed by atoms with Gasteiger partial charge in [0.25, 0.3) is 0 Å². The van der Waals surface area contributed by atoms with E-state index in [2.05, 4.69) is 20.9 Å². The molecule has 37 heavy (non-hydrogen) atoms. The first-order chi connectivity index (χ1) is 17.7. The molecule has 0 aliphatic rings. The lowest BCUT2D eigenvalue weighted by Gasteiger charge is -2.39. The molecule has 0 fully saturated rings. The first kappa shape index (κ1) is 27.0. The van der Waals surface area contributed by atoms with Gasteiger partial charge in [-0.1, -0.05) is 28.1 Å². The third-order valence-corrected chi connectivity index (χ3v) is 7.20. The van der Waals surface area contributed by atoms with Crippen molar-refractivity contribution in [3.05, 3.63) is 93.5 Å². The maximum atomic E-state index is 16.0. The molecule has 1 N–H and O–H groups in total. The predicted octanol–water partition coefficient (Wildman–Crippen LogP) is 5.83. The van der Waals surface area contributed by atoms with E-state index >= 15 is 4.39 Å². The number of hydrogen-bond donors (Lipinski definition) is 1. The average molecular weight is 568 g/mol. The van der Waals surface area contributed by atoms with Gasteiger partial charge in [-0.15, -0.1) is 0 Å². The number of ether oxygens (including phenoxy) is 2. The van der Waals surface area contributed by atoms with E-state index in [1.165, 1.54) is 14.2 Å². The standard InChI is InChI=1S/C29H31BrFN3O3/c1-18-17-32-13-11-23(18)29(35,12-14-34(2)3)26(21-7-6-8-25(36-4)27(21)31)22-16-19-15-20(30)9-10-24(19)33-28(22)37-5/h6-11,13,15-17,26,35H,12,14H2,1-5H3. The monoisotopic (exact) mass is 567 g/mol. The molecule has 2 aromatic carbocycles. The molecule has 0 aliphatic carbocycles. The highest BCUT2D eigenvalue weighted by atomic mass is 79.9. The molecule has 0 saturated carbocycles. The van der Waals surface area contributed by atoms with Crippen LogP contribution in [0.2, 0.25) is 0 Å². The lowest BCUT2D eigenvalue weighted by atomic mass is 9.70. The molecule has 0 bridgehead atoms. The maximum Gasteiger partial charge on any atom is 0.217 e. The zero-order valence-electron chi connectivity index (χ0n) is 21.6. The van der Waals surface area contributed by atoms with Crippen molar-refractivity contribution in [1.29, 1.82) is 0 Å². The second-order valence-electron chi connectivity index (χ2n) is 9.39. The van der Waals surface area contributed by atoms with E-state index in [1.807, 2.05) is 50.2 Å². The Morgan fingerprint density at radius 3 is 2.54 bits per heavy atom. The number of pyridine rings is 2. The summed E-state index contributed by atoms with van der Waals surface area (Å²) in [4.78, 5) is 11.0. The lowest BCUT2D eigenvalue weighted by Crippen LogP contribution is -2.39. The number of methoxy groups -OCH3 is 2. The summed E-state index contributed by atoms with van der Waals surface area (Å²) in [5.41, 5.74) is 1.49. The molecule has 0 aliphatic heterocycles. The number of benzene rings is 2. The Hall–Kier alpha value is -3.07. The van der Waals surface area contributed by atoms with Crippen LogP contribution in [0.1, 0.15) is 34.6 Å². The molecule has 0 radical (unpaired) electrons. The van der Waals surface area contributed by atoms with Crippen molar-refractivity contribution in [1.82, 2.24) is 14.9 Å². The highest BCUT2D eigenvalue weighted by molar-refractivity contribution is 9.10. The molecule has 2 atom stereocenters. The Morgan fingerprint density at radius 2 is 1.86 bits per heavy atom. The van der Waals surface area contributed by atoms with Crippen molar-refractivity contribution >= 4 is 26.8 Å². The van der Waals surface area contributed by atoms with Crippen LogP contribution in [0.15, 0.2) is 65.4 Å². The molecule has 4 aromatic rings. The Bertz CT molecular complexity index is 1410. The van der Waals surface area contributed by atoms with Gasteiger partial charge in [0, 0.05) is 39.9 Å². The number of aliphatic hydroxyl groups is 1. The second-order valence-corrected chi connectivity index (χ2v) is 10.3. The van der Waals surface area contributed by atoms with Gasteiger partial charge in [-0.2, -0.15) is 0 Å². The van der Waals surface area contributed by atoms with Gasteiger partial charge in [-0.25, -0.2) is 9.37 Å². The summed E-state index contributed by atoms with van der Waals surface area (Å²) in [5.74, 6) is -1.01. The summed E-state index contributed by atoms with van der Waals surface area (Å²) < 4.78 is 28.0. The molecule has 2 unspecified atom stereocenters. The normalized spacial score (nSPS) is 14.0. The molecular weight excluding hydrogens is 537 g/mol. The first-order valence-electron chi connectivity index (χ1n) is 11.9. The fourth-order valence-electron chi connectivity index (χ4n) is 4.89. The third kappa shape index (κ3) is 5.32. The first-order valence-corrected chi connectivity index (χ1v) is 12.7. The molecular formula is C29H31BrFN3O3. The molecule has 0 amide bonds. The van der Waals surface area contributed by atoms with Crippen LogP contribution < -0.4 is 9.47 Å². The third-order valence-electron chi connectivity index (χ3n) is 6.70. The highest BCUT2D eigenvalue weighted by Crippen LogP contribution is 2.49. The molecule has 194 valence electrons. The fraction of sp³-hybridized carbons (Fsp3) is 0.310. The van der Waals surface area contributed by atoms with Gasteiger partial charge in [0.2, 0.25) is 5.88 Å². The van der Waals surface area contributed by atoms with E-state index < -0.39 is 17.3 Å². The molecule has 2 aromatic heterocycles. The van der Waals surface area contributed by atoms with Crippen LogP contribution in [0, 0.1) is 12.7 Å². The van der Waals surface area contributed by atoms with Crippen LogP contribution in [0.25, 0.3) is 10.9 Å². The fourth-order valence-corrected chi connectivity index (χ4v) is 5.27. The minimum atomic E-state index is -1.54. The smallest absolute Gasteiger partial charge is 0.217 e. The lowest BCUT2D eigenvalue weighted by molar-refractivity contribution is 0.00217. The van der Waals surface area contributed by atoms with Gasteiger partial charge < -0.3 is 19.5 Å². The number of nitrogens with zero attached hydrogens (tertiary/aromatic N) is 3. The number of rotatable bonds is 9. The van der Waals surface area contributed by atoms with E-state index in [9.17, 15) is 5.11 Å². The van der Waals surface area contributed by atoms with Crippen molar-refractivity contribution in [3.63, 3.8) is 0 Å². The zero-order valence-corrected chi connectivity index (χ0v) is 23.2. The quantitative estimate of drug-likeness (QED) is 0.274. The molecule has 4 rings (SSSR count). The van der Waals surface area contributed by atoms with Crippen LogP contribution in [-0.4, -0.2) is 54.8 Å². The van der Waals surface area contributed by atoms with E-state index in [0.717, 1.165) is 20.9 Å². The van der Waals surface area contributed by atoms with Crippen molar-refractivity contribution in [3.8, 4) is 11.6 Å². The summed E-state index contributed by atoms with van der Waals surface area (Å²) in [6.07, 6.45) is 3.67. The van der Waals surface area contributed by atoms with E-state index in [1.54, 1.807) is 36.7 Å². The van der Waals surface area contributed by atoms with Crippen LogP contribution >= 0.6 is 15.9 Å². The minimum absolute atomic E-state index is 0.0966. The highest BCUT2D eigenvalue weighted by Gasteiger charge is 2.44. The van der Waals surface area contributed by atoms with Gasteiger partial charge in [-0.05, 0) is 75.0 Å². The van der Waals surface area contributed by atoms with Gasteiger partial charge in [-0.3, -0.25) is 4.98 Å². The van der Waals surface area contributed by atoms with Crippen LogP contribution in [0.4, 0.5) is 4.39 Å². The topological polar surface area (TPSA) is 67.7 Å². The number of halogens is 2. The number of aryl methyl sites for hydroxylation is 1. The Balaban J connectivity index is 2.10. The summed E-state index contributed by atoms with van der Waals surface area (Å²) in [7, 11) is 6.84. The number of aromatic nitrogens is 2. The second kappa shape index (κ2) is 11.1. The predicted molar refractivity (Wildman–Crippen MR) is 147 cm³/mol. The average Bonchev–Trinajstić information content (AvgIpc) is 2.88. The Kier molecular flexibility index (Phi) is 8.11. The molecule has 8 heteroatoms. The van der Waals surface area contributed by atoms with Crippen LogP contribution in [0.5, 0.6) is 11.6 Å². The molecule has 2 heterocycles. The van der Waals surface area contributed by atoms with Gasteiger partial charge in [0.1, 0.15) is 5.60 Å². The zero-order chi connectivity index (χ0) is 26.7. The Morgan fingerprint density at radius 1 is 1.08 bits per heavy atom. The largest absolute Gasteiger partial charge is 0.494 e. The molecule has 6 nitrogen and oxygen atoms in total. The van der Waals surface area contributed by atoms with E-state index in [0.29, 0.717) is 30.0 Å². The summed E-state index contributed by atoms with van der Waals surface area (Å²) >= 11 is 3.53. The van der Waals surface area contributed by atoms with E-state index in [4.69, 9.17) is 14.5 Å². The molecule has 0 saturated heterocycles.